The van der Waals surface area contributed by atoms with Crippen LogP contribution in [0, 0.1) is 0 Å². The van der Waals surface area contributed by atoms with E-state index in [1.807, 2.05) is 29.6 Å². The molecule has 0 radical (unpaired) electrons. The lowest BCUT2D eigenvalue weighted by atomic mass is 10.2. The average Bonchev–Trinajstić information content (AvgIpc) is 2.87. The van der Waals surface area contributed by atoms with Crippen LogP contribution in [-0.4, -0.2) is 13.0 Å². The molecule has 0 atom stereocenters. The summed E-state index contributed by atoms with van der Waals surface area (Å²) in [5.41, 5.74) is 1.78. The van der Waals surface area contributed by atoms with Crippen LogP contribution in [0.5, 0.6) is 5.75 Å². The van der Waals surface area contributed by atoms with Gasteiger partial charge in [-0.1, -0.05) is 17.7 Å². The van der Waals surface area contributed by atoms with Crippen LogP contribution in [0.1, 0.15) is 17.4 Å². The van der Waals surface area contributed by atoms with Gasteiger partial charge in [0, 0.05) is 35.5 Å². The summed E-state index contributed by atoms with van der Waals surface area (Å²) in [6.45, 7) is 2.76. The van der Waals surface area contributed by atoms with E-state index in [4.69, 9.17) is 16.3 Å². The number of hydrogen-bond donors (Lipinski definition) is 2. The van der Waals surface area contributed by atoms with Crippen molar-refractivity contribution >= 4 is 34.5 Å². The molecule has 0 saturated carbocycles. The Bertz CT molecular complexity index is 628. The standard InChI is InChI=1S/C15H17ClN2O2S/c1-10(19)18-13-6-7-21-15(13)9-17-8-11-12(16)4-3-5-14(11)20-2/h3-7,17H,8-9H2,1-2H3,(H,18,19). The predicted octanol–water partition coefficient (Wildman–Crippen LogP) is 3.66. The summed E-state index contributed by atoms with van der Waals surface area (Å²) in [6.07, 6.45) is 0. The smallest absolute Gasteiger partial charge is 0.221 e. The minimum Gasteiger partial charge on any atom is -0.496 e. The van der Waals surface area contributed by atoms with Crippen molar-refractivity contribution in [2.45, 2.75) is 20.0 Å². The van der Waals surface area contributed by atoms with E-state index >= 15 is 0 Å². The highest BCUT2D eigenvalue weighted by Gasteiger charge is 2.09. The second-order valence-electron chi connectivity index (χ2n) is 4.46. The Hall–Kier alpha value is -1.56. The normalized spacial score (nSPS) is 10.4. The van der Waals surface area contributed by atoms with Gasteiger partial charge in [0.2, 0.25) is 5.91 Å². The highest BCUT2D eigenvalue weighted by atomic mass is 35.5. The Morgan fingerprint density at radius 2 is 2.14 bits per heavy atom. The topological polar surface area (TPSA) is 50.4 Å². The number of methoxy groups -OCH3 is 1. The molecular formula is C15H17ClN2O2S. The molecule has 0 bridgehead atoms. The zero-order chi connectivity index (χ0) is 15.2. The van der Waals surface area contributed by atoms with E-state index < -0.39 is 0 Å². The number of rotatable bonds is 6. The molecule has 21 heavy (non-hydrogen) atoms. The molecule has 0 spiro atoms. The average molecular weight is 325 g/mol. The molecule has 2 aromatic rings. The molecule has 6 heteroatoms. The van der Waals surface area contributed by atoms with E-state index in [-0.39, 0.29) is 5.91 Å². The first-order chi connectivity index (χ1) is 10.1. The van der Waals surface area contributed by atoms with Crippen molar-refractivity contribution in [1.29, 1.82) is 0 Å². The molecule has 4 nitrogen and oxygen atoms in total. The summed E-state index contributed by atoms with van der Waals surface area (Å²) in [7, 11) is 1.63. The van der Waals surface area contributed by atoms with Crippen molar-refractivity contribution in [3.63, 3.8) is 0 Å². The van der Waals surface area contributed by atoms with Gasteiger partial charge in [-0.3, -0.25) is 4.79 Å². The third-order valence-electron chi connectivity index (χ3n) is 2.94. The van der Waals surface area contributed by atoms with Crippen molar-refractivity contribution < 1.29 is 9.53 Å². The second kappa shape index (κ2) is 7.45. The highest BCUT2D eigenvalue weighted by molar-refractivity contribution is 7.10. The Labute approximate surface area is 133 Å². The van der Waals surface area contributed by atoms with Crippen LogP contribution >= 0.6 is 22.9 Å². The zero-order valence-electron chi connectivity index (χ0n) is 11.9. The van der Waals surface area contributed by atoms with Gasteiger partial charge in [0.25, 0.3) is 0 Å². The van der Waals surface area contributed by atoms with Crippen molar-refractivity contribution in [2.75, 3.05) is 12.4 Å². The molecule has 2 rings (SSSR count). The quantitative estimate of drug-likeness (QED) is 0.852. The Morgan fingerprint density at radius 3 is 2.86 bits per heavy atom. The van der Waals surface area contributed by atoms with Crippen molar-refractivity contribution in [1.82, 2.24) is 5.32 Å². The molecule has 1 aromatic carbocycles. The third-order valence-corrected chi connectivity index (χ3v) is 4.21. The van der Waals surface area contributed by atoms with Crippen LogP contribution < -0.4 is 15.4 Å². The van der Waals surface area contributed by atoms with Crippen LogP contribution in [0.3, 0.4) is 0 Å². The van der Waals surface area contributed by atoms with Gasteiger partial charge in [0.1, 0.15) is 5.75 Å². The minimum absolute atomic E-state index is 0.0672. The number of hydrogen-bond acceptors (Lipinski definition) is 4. The number of benzene rings is 1. The maximum Gasteiger partial charge on any atom is 0.221 e. The molecule has 0 aliphatic heterocycles. The molecule has 0 unspecified atom stereocenters. The minimum atomic E-state index is -0.0672. The van der Waals surface area contributed by atoms with Gasteiger partial charge < -0.3 is 15.4 Å². The molecule has 0 aliphatic carbocycles. The van der Waals surface area contributed by atoms with E-state index in [0.717, 1.165) is 21.9 Å². The van der Waals surface area contributed by atoms with Gasteiger partial charge in [-0.2, -0.15) is 0 Å². The third kappa shape index (κ3) is 4.20. The molecule has 1 aromatic heterocycles. The lowest BCUT2D eigenvalue weighted by molar-refractivity contribution is -0.114. The van der Waals surface area contributed by atoms with Gasteiger partial charge in [0.15, 0.2) is 0 Å². The summed E-state index contributed by atoms with van der Waals surface area (Å²) < 4.78 is 5.31. The number of nitrogens with one attached hydrogen (secondary N) is 2. The van der Waals surface area contributed by atoms with Crippen molar-refractivity contribution in [3.05, 3.63) is 45.1 Å². The number of carbonyl (C=O) groups is 1. The van der Waals surface area contributed by atoms with E-state index in [0.29, 0.717) is 18.1 Å². The Kier molecular flexibility index (Phi) is 5.61. The number of amides is 1. The molecular weight excluding hydrogens is 308 g/mol. The SMILES string of the molecule is COc1cccc(Cl)c1CNCc1sccc1NC(C)=O. The monoisotopic (exact) mass is 324 g/mol. The van der Waals surface area contributed by atoms with Crippen LogP contribution in [0.15, 0.2) is 29.6 Å². The van der Waals surface area contributed by atoms with E-state index in [1.165, 1.54) is 6.92 Å². The van der Waals surface area contributed by atoms with Crippen LogP contribution in [0.4, 0.5) is 5.69 Å². The molecule has 2 N–H and O–H groups in total. The lowest BCUT2D eigenvalue weighted by Gasteiger charge is -2.11. The van der Waals surface area contributed by atoms with Crippen LogP contribution in [-0.2, 0) is 17.9 Å². The first-order valence-electron chi connectivity index (χ1n) is 6.48. The summed E-state index contributed by atoms with van der Waals surface area (Å²) in [5, 5.41) is 8.78. The van der Waals surface area contributed by atoms with E-state index in [2.05, 4.69) is 10.6 Å². The van der Waals surface area contributed by atoms with Gasteiger partial charge in [0.05, 0.1) is 12.8 Å². The lowest BCUT2D eigenvalue weighted by Crippen LogP contribution is -2.15. The van der Waals surface area contributed by atoms with Gasteiger partial charge in [-0.15, -0.1) is 11.3 Å². The van der Waals surface area contributed by atoms with Crippen molar-refractivity contribution in [2.24, 2.45) is 0 Å². The van der Waals surface area contributed by atoms with Crippen molar-refractivity contribution in [3.8, 4) is 5.75 Å². The summed E-state index contributed by atoms with van der Waals surface area (Å²) >= 11 is 7.79. The number of anilines is 1. The van der Waals surface area contributed by atoms with Gasteiger partial charge >= 0.3 is 0 Å². The molecule has 112 valence electrons. The fraction of sp³-hybridized carbons (Fsp3) is 0.267. The summed E-state index contributed by atoms with van der Waals surface area (Å²) in [6, 6.07) is 7.49. The largest absolute Gasteiger partial charge is 0.496 e. The van der Waals surface area contributed by atoms with Gasteiger partial charge in [-0.05, 0) is 23.6 Å². The van der Waals surface area contributed by atoms with Gasteiger partial charge in [-0.25, -0.2) is 0 Å². The maximum atomic E-state index is 11.1. The first kappa shape index (κ1) is 15.8. The number of ether oxygens (including phenoxy) is 1. The maximum absolute atomic E-state index is 11.1. The molecule has 1 amide bonds. The molecule has 0 saturated heterocycles. The van der Waals surface area contributed by atoms with E-state index in [9.17, 15) is 4.79 Å². The highest BCUT2D eigenvalue weighted by Crippen LogP contribution is 2.27. The van der Waals surface area contributed by atoms with Crippen LogP contribution in [0.25, 0.3) is 0 Å². The number of halogens is 1. The molecule has 0 aliphatic rings. The van der Waals surface area contributed by atoms with Crippen LogP contribution in [0.2, 0.25) is 5.02 Å². The summed E-state index contributed by atoms with van der Waals surface area (Å²) in [4.78, 5) is 12.2. The second-order valence-corrected chi connectivity index (χ2v) is 5.87. The molecule has 0 fully saturated rings. The predicted molar refractivity (Wildman–Crippen MR) is 87.2 cm³/mol. The number of thiophene rings is 1. The Balaban J connectivity index is 1.99. The fourth-order valence-electron chi connectivity index (χ4n) is 1.98. The van der Waals surface area contributed by atoms with E-state index in [1.54, 1.807) is 18.4 Å². The molecule has 1 heterocycles. The Morgan fingerprint density at radius 1 is 1.33 bits per heavy atom. The summed E-state index contributed by atoms with van der Waals surface area (Å²) in [5.74, 6) is 0.700. The fourth-order valence-corrected chi connectivity index (χ4v) is 3.01. The first-order valence-corrected chi connectivity index (χ1v) is 7.73. The number of carbonyl (C=O) groups excluding carboxylic acids is 1. The zero-order valence-corrected chi connectivity index (χ0v) is 13.5.